The van der Waals surface area contributed by atoms with Crippen LogP contribution in [0.3, 0.4) is 0 Å². The molecule has 2 aromatic carbocycles. The van der Waals surface area contributed by atoms with E-state index in [2.05, 4.69) is 0 Å². The first-order valence-corrected chi connectivity index (χ1v) is 7.49. The fourth-order valence-electron chi connectivity index (χ4n) is 2.64. The highest BCUT2D eigenvalue weighted by Crippen LogP contribution is 2.39. The second-order valence-corrected chi connectivity index (χ2v) is 5.75. The number of thiophene rings is 1. The van der Waals surface area contributed by atoms with Crippen molar-refractivity contribution in [2.24, 2.45) is 0 Å². The predicted octanol–water partition coefficient (Wildman–Crippen LogP) is 4.69. The van der Waals surface area contributed by atoms with Gasteiger partial charge in [-0.3, -0.25) is 0 Å². The minimum Gasteiger partial charge on any atom is -0.380 e. The van der Waals surface area contributed by atoms with E-state index in [9.17, 15) is 9.50 Å². The zero-order valence-corrected chi connectivity index (χ0v) is 12.0. The Morgan fingerprint density at radius 3 is 2.55 bits per heavy atom. The van der Waals surface area contributed by atoms with Crippen LogP contribution in [0.25, 0.3) is 10.1 Å². The maximum atomic E-state index is 14.1. The van der Waals surface area contributed by atoms with Crippen LogP contribution in [0.1, 0.15) is 24.5 Å². The van der Waals surface area contributed by atoms with E-state index in [1.807, 2.05) is 36.6 Å². The van der Waals surface area contributed by atoms with Gasteiger partial charge in [-0.05, 0) is 29.3 Å². The van der Waals surface area contributed by atoms with Gasteiger partial charge in [-0.2, -0.15) is 0 Å². The van der Waals surface area contributed by atoms with Crippen molar-refractivity contribution >= 4 is 21.4 Å². The fraction of sp³-hybridized carbons (Fsp3) is 0.176. The number of hydrogen-bond donors (Lipinski definition) is 1. The van der Waals surface area contributed by atoms with Crippen LogP contribution < -0.4 is 0 Å². The normalized spacial score (nSPS) is 14.3. The molecule has 3 rings (SSSR count). The van der Waals surface area contributed by atoms with E-state index < -0.39 is 5.60 Å². The first-order valence-electron chi connectivity index (χ1n) is 6.61. The molecule has 0 spiro atoms. The number of benzene rings is 2. The van der Waals surface area contributed by atoms with Gasteiger partial charge in [0.1, 0.15) is 11.4 Å². The van der Waals surface area contributed by atoms with E-state index in [-0.39, 0.29) is 5.82 Å². The van der Waals surface area contributed by atoms with Crippen LogP contribution in [0, 0.1) is 5.82 Å². The summed E-state index contributed by atoms with van der Waals surface area (Å²) in [5, 5.41) is 14.2. The molecular formula is C17H15FOS. The number of halogens is 1. The van der Waals surface area contributed by atoms with Crippen molar-refractivity contribution in [3.63, 3.8) is 0 Å². The third-order valence-electron chi connectivity index (χ3n) is 3.76. The molecule has 1 aromatic heterocycles. The molecule has 0 aliphatic heterocycles. The molecule has 1 atom stereocenters. The number of fused-ring (bicyclic) bond motifs is 1. The summed E-state index contributed by atoms with van der Waals surface area (Å²) in [5.41, 5.74) is -0.184. The minimum atomic E-state index is -1.30. The van der Waals surface area contributed by atoms with E-state index in [1.165, 1.54) is 6.07 Å². The summed E-state index contributed by atoms with van der Waals surface area (Å²) >= 11 is 1.57. The molecular weight excluding hydrogens is 271 g/mol. The molecule has 0 radical (unpaired) electrons. The van der Waals surface area contributed by atoms with Gasteiger partial charge >= 0.3 is 0 Å². The maximum Gasteiger partial charge on any atom is 0.129 e. The van der Waals surface area contributed by atoms with Gasteiger partial charge in [0.15, 0.2) is 0 Å². The van der Waals surface area contributed by atoms with Gasteiger partial charge in [-0.15, -0.1) is 11.3 Å². The first kappa shape index (κ1) is 13.3. The van der Waals surface area contributed by atoms with E-state index in [4.69, 9.17) is 0 Å². The van der Waals surface area contributed by atoms with Crippen LogP contribution in [0.5, 0.6) is 0 Å². The minimum absolute atomic E-state index is 0.336. The van der Waals surface area contributed by atoms with Gasteiger partial charge in [0.2, 0.25) is 0 Å². The van der Waals surface area contributed by atoms with Crippen molar-refractivity contribution in [1.82, 2.24) is 0 Å². The molecule has 0 aliphatic rings. The Labute approximate surface area is 121 Å². The van der Waals surface area contributed by atoms with Crippen molar-refractivity contribution in [2.45, 2.75) is 18.9 Å². The van der Waals surface area contributed by atoms with Gasteiger partial charge in [-0.25, -0.2) is 4.39 Å². The standard InChI is InChI=1S/C17H15FOS/c1-2-17(19,13-7-3-4-9-15(13)18)14-8-5-6-12-10-11-20-16(12)14/h3-11,19H,2H2,1H3. The largest absolute Gasteiger partial charge is 0.380 e. The van der Waals surface area contributed by atoms with E-state index in [1.54, 1.807) is 29.5 Å². The summed E-state index contributed by atoms with van der Waals surface area (Å²) in [7, 11) is 0. The van der Waals surface area contributed by atoms with E-state index in [0.717, 1.165) is 15.6 Å². The van der Waals surface area contributed by atoms with Gasteiger partial charge in [-0.1, -0.05) is 43.3 Å². The van der Waals surface area contributed by atoms with Crippen molar-refractivity contribution in [3.8, 4) is 0 Å². The Hall–Kier alpha value is -1.71. The summed E-state index contributed by atoms with van der Waals surface area (Å²) in [4.78, 5) is 0. The van der Waals surface area contributed by atoms with Crippen LogP contribution in [0.15, 0.2) is 53.9 Å². The Morgan fingerprint density at radius 1 is 1.05 bits per heavy atom. The number of rotatable bonds is 3. The van der Waals surface area contributed by atoms with Crippen molar-refractivity contribution in [3.05, 3.63) is 70.9 Å². The molecule has 3 aromatic rings. The summed E-state index contributed by atoms with van der Waals surface area (Å²) < 4.78 is 15.1. The number of hydrogen-bond acceptors (Lipinski definition) is 2. The Balaban J connectivity index is 2.28. The Kier molecular flexibility index (Phi) is 3.32. The zero-order chi connectivity index (χ0) is 14.2. The van der Waals surface area contributed by atoms with Crippen molar-refractivity contribution in [1.29, 1.82) is 0 Å². The van der Waals surface area contributed by atoms with Crippen LogP contribution in [0.2, 0.25) is 0 Å². The molecule has 1 N–H and O–H groups in total. The summed E-state index contributed by atoms with van der Waals surface area (Å²) in [6, 6.07) is 14.3. The van der Waals surface area contributed by atoms with Crippen LogP contribution >= 0.6 is 11.3 Å². The lowest BCUT2D eigenvalue weighted by atomic mass is 9.83. The third kappa shape index (κ3) is 1.94. The molecule has 1 heterocycles. The van der Waals surface area contributed by atoms with E-state index >= 15 is 0 Å². The monoisotopic (exact) mass is 286 g/mol. The van der Waals surface area contributed by atoms with Gasteiger partial charge < -0.3 is 5.11 Å². The maximum absolute atomic E-state index is 14.1. The van der Waals surface area contributed by atoms with Gasteiger partial charge in [0.05, 0.1) is 0 Å². The summed E-state index contributed by atoms with van der Waals surface area (Å²) in [5.74, 6) is -0.370. The topological polar surface area (TPSA) is 20.2 Å². The van der Waals surface area contributed by atoms with Crippen LogP contribution in [0.4, 0.5) is 4.39 Å². The highest BCUT2D eigenvalue weighted by atomic mass is 32.1. The van der Waals surface area contributed by atoms with Crippen LogP contribution in [-0.4, -0.2) is 5.11 Å². The van der Waals surface area contributed by atoms with Crippen LogP contribution in [-0.2, 0) is 5.60 Å². The van der Waals surface area contributed by atoms with Crippen molar-refractivity contribution in [2.75, 3.05) is 0 Å². The van der Waals surface area contributed by atoms with Crippen molar-refractivity contribution < 1.29 is 9.50 Å². The lowest BCUT2D eigenvalue weighted by Crippen LogP contribution is -2.27. The predicted molar refractivity (Wildman–Crippen MR) is 81.5 cm³/mol. The average molecular weight is 286 g/mol. The fourth-order valence-corrected chi connectivity index (χ4v) is 3.63. The molecule has 3 heteroatoms. The molecule has 0 fully saturated rings. The Morgan fingerprint density at radius 2 is 1.80 bits per heavy atom. The summed E-state index contributed by atoms with van der Waals surface area (Å²) in [6.07, 6.45) is 0.422. The molecule has 0 aliphatic carbocycles. The lowest BCUT2D eigenvalue weighted by Gasteiger charge is -2.29. The molecule has 102 valence electrons. The molecule has 1 unspecified atom stereocenters. The molecule has 1 nitrogen and oxygen atoms in total. The third-order valence-corrected chi connectivity index (χ3v) is 4.72. The molecule has 0 amide bonds. The second-order valence-electron chi connectivity index (χ2n) is 4.84. The molecule has 0 bridgehead atoms. The lowest BCUT2D eigenvalue weighted by molar-refractivity contribution is 0.0743. The Bertz CT molecular complexity index is 749. The molecule has 20 heavy (non-hydrogen) atoms. The molecule has 0 saturated heterocycles. The van der Waals surface area contributed by atoms with Gasteiger partial charge in [0.25, 0.3) is 0 Å². The second kappa shape index (κ2) is 5.00. The molecule has 0 saturated carbocycles. The average Bonchev–Trinajstić information content (AvgIpc) is 2.95. The first-order chi connectivity index (χ1) is 9.66. The van der Waals surface area contributed by atoms with Gasteiger partial charge in [0, 0.05) is 15.8 Å². The smallest absolute Gasteiger partial charge is 0.129 e. The van der Waals surface area contributed by atoms with E-state index in [0.29, 0.717) is 12.0 Å². The zero-order valence-electron chi connectivity index (χ0n) is 11.1. The summed E-state index contributed by atoms with van der Waals surface area (Å²) in [6.45, 7) is 1.87. The SMILES string of the molecule is CCC(O)(c1ccccc1F)c1cccc2ccsc12. The highest BCUT2D eigenvalue weighted by Gasteiger charge is 2.33. The quantitative estimate of drug-likeness (QED) is 0.740. The number of aliphatic hydroxyl groups is 1. The highest BCUT2D eigenvalue weighted by molar-refractivity contribution is 7.17.